The van der Waals surface area contributed by atoms with Gasteiger partial charge in [-0.25, -0.2) is 0 Å². The molecule has 3 nitrogen and oxygen atoms in total. The maximum atomic E-state index is 6.30. The van der Waals surface area contributed by atoms with Crippen LogP contribution in [0.4, 0.5) is 0 Å². The van der Waals surface area contributed by atoms with Crippen molar-refractivity contribution in [1.29, 1.82) is 0 Å². The summed E-state index contributed by atoms with van der Waals surface area (Å²) in [6.07, 6.45) is 2.63. The van der Waals surface area contributed by atoms with Crippen LogP contribution in [-0.2, 0) is 6.54 Å². The second-order valence-electron chi connectivity index (χ2n) is 5.37. The molecule has 0 saturated carbocycles. The largest absolute Gasteiger partial charge is 0.468 e. The van der Waals surface area contributed by atoms with Gasteiger partial charge in [0.25, 0.3) is 0 Å². The maximum Gasteiger partial charge on any atom is 0.122 e. The zero-order valence-electron chi connectivity index (χ0n) is 12.5. The van der Waals surface area contributed by atoms with Crippen LogP contribution in [0, 0.1) is 6.92 Å². The molecule has 108 valence electrons. The molecule has 1 aromatic heterocycles. The van der Waals surface area contributed by atoms with Gasteiger partial charge in [-0.05, 0) is 43.7 Å². The Kier molecular flexibility index (Phi) is 4.99. The molecule has 3 heteroatoms. The highest BCUT2D eigenvalue weighted by Gasteiger charge is 2.25. The van der Waals surface area contributed by atoms with Crippen molar-refractivity contribution < 1.29 is 4.42 Å². The number of hydrogen-bond acceptors (Lipinski definition) is 3. The predicted molar refractivity (Wildman–Crippen MR) is 82.4 cm³/mol. The van der Waals surface area contributed by atoms with Gasteiger partial charge in [-0.3, -0.25) is 4.90 Å². The van der Waals surface area contributed by atoms with E-state index in [2.05, 4.69) is 50.1 Å². The van der Waals surface area contributed by atoms with E-state index in [9.17, 15) is 0 Å². The van der Waals surface area contributed by atoms with E-state index in [1.165, 1.54) is 11.1 Å². The summed E-state index contributed by atoms with van der Waals surface area (Å²) < 4.78 is 5.59. The lowest BCUT2D eigenvalue weighted by atomic mass is 10.0. The quantitative estimate of drug-likeness (QED) is 0.875. The van der Waals surface area contributed by atoms with Crippen LogP contribution in [-0.4, -0.2) is 18.0 Å². The van der Waals surface area contributed by atoms with Gasteiger partial charge in [0.15, 0.2) is 0 Å². The van der Waals surface area contributed by atoms with E-state index in [0.29, 0.717) is 0 Å². The van der Waals surface area contributed by atoms with Gasteiger partial charge in [-0.15, -0.1) is 0 Å². The first kappa shape index (κ1) is 14.8. The van der Waals surface area contributed by atoms with Crippen molar-refractivity contribution in [1.82, 2.24) is 4.90 Å². The Morgan fingerprint density at radius 1 is 1.20 bits per heavy atom. The monoisotopic (exact) mass is 272 g/mol. The number of nitrogens with two attached hydrogens (primary N) is 1. The zero-order chi connectivity index (χ0) is 14.5. The van der Waals surface area contributed by atoms with Crippen molar-refractivity contribution >= 4 is 0 Å². The van der Waals surface area contributed by atoms with E-state index in [1.54, 1.807) is 6.26 Å². The number of rotatable bonds is 6. The van der Waals surface area contributed by atoms with Gasteiger partial charge in [0.1, 0.15) is 5.76 Å². The van der Waals surface area contributed by atoms with Gasteiger partial charge < -0.3 is 10.2 Å². The highest BCUT2D eigenvalue weighted by molar-refractivity contribution is 5.25. The number of likely N-dealkylation sites (N-methyl/N-ethyl adjacent to an activating group) is 1. The van der Waals surface area contributed by atoms with E-state index >= 15 is 0 Å². The molecule has 0 aliphatic carbocycles. The summed E-state index contributed by atoms with van der Waals surface area (Å²) in [5, 5.41) is 0. The summed E-state index contributed by atoms with van der Waals surface area (Å²) in [4.78, 5) is 2.27. The van der Waals surface area contributed by atoms with E-state index in [4.69, 9.17) is 10.2 Å². The van der Waals surface area contributed by atoms with Gasteiger partial charge >= 0.3 is 0 Å². The van der Waals surface area contributed by atoms with Crippen molar-refractivity contribution in [2.45, 2.75) is 38.9 Å². The second kappa shape index (κ2) is 6.73. The first-order chi connectivity index (χ1) is 9.63. The fraction of sp³-hybridized carbons (Fsp3) is 0.412. The first-order valence-electron chi connectivity index (χ1n) is 7.17. The molecule has 0 bridgehead atoms. The second-order valence-corrected chi connectivity index (χ2v) is 5.37. The van der Waals surface area contributed by atoms with Gasteiger partial charge in [0, 0.05) is 12.6 Å². The van der Waals surface area contributed by atoms with Crippen LogP contribution in [0.25, 0.3) is 0 Å². The number of benzene rings is 1. The third kappa shape index (κ3) is 3.30. The lowest BCUT2D eigenvalue weighted by molar-refractivity contribution is 0.175. The minimum absolute atomic E-state index is 0.0650. The Hall–Kier alpha value is -1.58. The van der Waals surface area contributed by atoms with E-state index in [-0.39, 0.29) is 12.1 Å². The molecule has 0 amide bonds. The third-order valence-electron chi connectivity index (χ3n) is 3.87. The zero-order valence-corrected chi connectivity index (χ0v) is 12.5. The maximum absolute atomic E-state index is 6.30. The van der Waals surface area contributed by atoms with Crippen LogP contribution in [0.15, 0.2) is 47.1 Å². The van der Waals surface area contributed by atoms with Crippen molar-refractivity contribution in [2.75, 3.05) is 7.05 Å². The molecule has 2 aromatic rings. The molecule has 2 N–H and O–H groups in total. The molecule has 2 atom stereocenters. The molecule has 0 aliphatic rings. The Morgan fingerprint density at radius 2 is 1.95 bits per heavy atom. The van der Waals surface area contributed by atoms with Crippen LogP contribution in [0.2, 0.25) is 0 Å². The predicted octanol–water partition coefficient (Wildman–Crippen LogP) is 3.50. The molecule has 0 aliphatic heterocycles. The van der Waals surface area contributed by atoms with Crippen LogP contribution in [0.5, 0.6) is 0 Å². The molecular formula is C17H24N2O. The molecular weight excluding hydrogens is 248 g/mol. The van der Waals surface area contributed by atoms with E-state index in [0.717, 1.165) is 18.7 Å². The summed E-state index contributed by atoms with van der Waals surface area (Å²) in [6.45, 7) is 5.12. The summed E-state index contributed by atoms with van der Waals surface area (Å²) in [6, 6.07) is 12.6. The number of nitrogens with zero attached hydrogens (tertiary/aromatic N) is 1. The molecule has 0 saturated heterocycles. The standard InChI is InChI=1S/C17H24N2O/c1-4-15(18)17(16-10-7-11-20-16)19(3)12-14-9-6-5-8-13(14)2/h5-11,15,17H,4,12,18H2,1-3H3. The van der Waals surface area contributed by atoms with Crippen LogP contribution in [0.3, 0.4) is 0 Å². The van der Waals surface area contributed by atoms with Gasteiger partial charge in [0.2, 0.25) is 0 Å². The van der Waals surface area contributed by atoms with Gasteiger partial charge in [0.05, 0.1) is 12.3 Å². The summed E-state index contributed by atoms with van der Waals surface area (Å²) in [5.74, 6) is 0.940. The molecule has 0 radical (unpaired) electrons. The van der Waals surface area contributed by atoms with Crippen molar-refractivity contribution in [3.05, 3.63) is 59.5 Å². The average Bonchev–Trinajstić information content (AvgIpc) is 2.95. The Morgan fingerprint density at radius 3 is 2.55 bits per heavy atom. The number of aryl methyl sites for hydroxylation is 1. The topological polar surface area (TPSA) is 42.4 Å². The summed E-state index contributed by atoms with van der Waals surface area (Å²) >= 11 is 0. The van der Waals surface area contributed by atoms with Gasteiger partial charge in [-0.1, -0.05) is 31.2 Å². The highest BCUT2D eigenvalue weighted by Crippen LogP contribution is 2.26. The number of hydrogen-bond donors (Lipinski definition) is 1. The first-order valence-corrected chi connectivity index (χ1v) is 7.17. The van der Waals surface area contributed by atoms with Crippen LogP contribution >= 0.6 is 0 Å². The van der Waals surface area contributed by atoms with Crippen LogP contribution < -0.4 is 5.73 Å². The lowest BCUT2D eigenvalue weighted by Crippen LogP contribution is -2.38. The van der Waals surface area contributed by atoms with Crippen molar-refractivity contribution in [2.24, 2.45) is 5.73 Å². The average molecular weight is 272 g/mol. The van der Waals surface area contributed by atoms with E-state index in [1.807, 2.05) is 12.1 Å². The third-order valence-corrected chi connectivity index (χ3v) is 3.87. The van der Waals surface area contributed by atoms with Crippen molar-refractivity contribution in [3.8, 4) is 0 Å². The Bertz CT molecular complexity index is 522. The minimum atomic E-state index is 0.0650. The number of furan rings is 1. The lowest BCUT2D eigenvalue weighted by Gasteiger charge is -2.31. The highest BCUT2D eigenvalue weighted by atomic mass is 16.3. The Labute approximate surface area is 121 Å². The smallest absolute Gasteiger partial charge is 0.122 e. The minimum Gasteiger partial charge on any atom is -0.468 e. The Balaban J connectivity index is 2.19. The SMILES string of the molecule is CCC(N)C(c1ccco1)N(C)Cc1ccccc1C. The van der Waals surface area contributed by atoms with Gasteiger partial charge in [-0.2, -0.15) is 0 Å². The molecule has 0 fully saturated rings. The molecule has 1 heterocycles. The molecule has 2 unspecified atom stereocenters. The molecule has 0 spiro atoms. The van der Waals surface area contributed by atoms with Crippen LogP contribution in [0.1, 0.15) is 36.3 Å². The normalized spacial score (nSPS) is 14.4. The summed E-state index contributed by atoms with van der Waals surface area (Å²) in [5.41, 5.74) is 8.94. The molecule has 1 aromatic carbocycles. The fourth-order valence-electron chi connectivity index (χ4n) is 2.59. The molecule has 2 rings (SSSR count). The van der Waals surface area contributed by atoms with Crippen molar-refractivity contribution in [3.63, 3.8) is 0 Å². The summed E-state index contributed by atoms with van der Waals surface area (Å²) in [7, 11) is 2.11. The van der Waals surface area contributed by atoms with E-state index < -0.39 is 0 Å². The molecule has 20 heavy (non-hydrogen) atoms. The fourth-order valence-corrected chi connectivity index (χ4v) is 2.59.